The molecule has 2 heterocycles. The van der Waals surface area contributed by atoms with Gasteiger partial charge in [0.15, 0.2) is 0 Å². The lowest BCUT2D eigenvalue weighted by molar-refractivity contribution is 0.573. The van der Waals surface area contributed by atoms with Gasteiger partial charge >= 0.3 is 0 Å². The summed E-state index contributed by atoms with van der Waals surface area (Å²) >= 11 is 1.62. The van der Waals surface area contributed by atoms with Crippen molar-refractivity contribution in [2.45, 2.75) is 31.8 Å². The molecule has 0 saturated carbocycles. The standard InChI is InChI=1S/C13H19N5S/c1-10-7-11(2)18(17-10)6-4-5-14-12-8-13(19-3)16-9-15-12/h7-9H,4-6H2,1-3H3,(H,14,15,16). The summed E-state index contributed by atoms with van der Waals surface area (Å²) in [5.74, 6) is 0.882. The molecule has 0 aliphatic rings. The highest BCUT2D eigenvalue weighted by atomic mass is 32.2. The van der Waals surface area contributed by atoms with E-state index in [1.54, 1.807) is 18.1 Å². The van der Waals surface area contributed by atoms with Crippen LogP contribution in [0.15, 0.2) is 23.5 Å². The van der Waals surface area contributed by atoms with Crippen LogP contribution in [0.2, 0.25) is 0 Å². The first kappa shape index (κ1) is 13.9. The Bertz CT molecular complexity index is 538. The zero-order valence-corrected chi connectivity index (χ0v) is 12.4. The lowest BCUT2D eigenvalue weighted by Crippen LogP contribution is -2.09. The Labute approximate surface area is 117 Å². The summed E-state index contributed by atoms with van der Waals surface area (Å²) in [6, 6.07) is 4.07. The number of anilines is 1. The van der Waals surface area contributed by atoms with Crippen molar-refractivity contribution >= 4 is 17.6 Å². The van der Waals surface area contributed by atoms with Crippen molar-refractivity contribution in [1.82, 2.24) is 19.7 Å². The number of hydrogen-bond donors (Lipinski definition) is 1. The van der Waals surface area contributed by atoms with Gasteiger partial charge in [-0.2, -0.15) is 5.10 Å². The summed E-state index contributed by atoms with van der Waals surface area (Å²) in [4.78, 5) is 8.34. The molecular formula is C13H19N5S. The van der Waals surface area contributed by atoms with E-state index in [9.17, 15) is 0 Å². The minimum Gasteiger partial charge on any atom is -0.370 e. The van der Waals surface area contributed by atoms with Gasteiger partial charge in [0.05, 0.1) is 5.69 Å². The Kier molecular flexibility index (Phi) is 4.79. The van der Waals surface area contributed by atoms with Gasteiger partial charge < -0.3 is 5.32 Å². The topological polar surface area (TPSA) is 55.6 Å². The van der Waals surface area contributed by atoms with Crippen LogP contribution in [0.1, 0.15) is 17.8 Å². The summed E-state index contributed by atoms with van der Waals surface area (Å²) in [7, 11) is 0. The molecule has 2 rings (SSSR count). The quantitative estimate of drug-likeness (QED) is 0.499. The van der Waals surface area contributed by atoms with Gasteiger partial charge in [-0.15, -0.1) is 11.8 Å². The molecule has 0 aliphatic heterocycles. The smallest absolute Gasteiger partial charge is 0.130 e. The van der Waals surface area contributed by atoms with E-state index in [1.165, 1.54) is 5.69 Å². The maximum Gasteiger partial charge on any atom is 0.130 e. The Hall–Kier alpha value is -1.56. The lowest BCUT2D eigenvalue weighted by atomic mass is 10.4. The number of nitrogens with one attached hydrogen (secondary N) is 1. The maximum absolute atomic E-state index is 4.44. The minimum atomic E-state index is 0.878. The number of hydrogen-bond acceptors (Lipinski definition) is 5. The molecule has 102 valence electrons. The molecule has 1 N–H and O–H groups in total. The van der Waals surface area contributed by atoms with Crippen molar-refractivity contribution in [1.29, 1.82) is 0 Å². The van der Waals surface area contributed by atoms with Crippen LogP contribution in [-0.4, -0.2) is 32.5 Å². The summed E-state index contributed by atoms with van der Waals surface area (Å²) in [5.41, 5.74) is 2.29. The van der Waals surface area contributed by atoms with Gasteiger partial charge in [0.1, 0.15) is 17.2 Å². The van der Waals surface area contributed by atoms with E-state index in [1.807, 2.05) is 23.9 Å². The SMILES string of the molecule is CSc1cc(NCCCn2nc(C)cc2C)ncn1. The van der Waals surface area contributed by atoms with Crippen molar-refractivity contribution in [3.05, 3.63) is 29.8 Å². The first-order valence-corrected chi connectivity index (χ1v) is 7.52. The third-order valence-corrected chi connectivity index (χ3v) is 3.45. The second-order valence-electron chi connectivity index (χ2n) is 4.38. The van der Waals surface area contributed by atoms with Crippen molar-refractivity contribution in [2.75, 3.05) is 18.1 Å². The van der Waals surface area contributed by atoms with Crippen molar-refractivity contribution < 1.29 is 0 Å². The second kappa shape index (κ2) is 6.56. The highest BCUT2D eigenvalue weighted by molar-refractivity contribution is 7.98. The number of rotatable bonds is 6. The Morgan fingerprint density at radius 3 is 2.79 bits per heavy atom. The first-order valence-electron chi connectivity index (χ1n) is 6.30. The predicted molar refractivity (Wildman–Crippen MR) is 78.6 cm³/mol. The molecule has 0 spiro atoms. The number of aryl methyl sites for hydroxylation is 3. The molecule has 6 heteroatoms. The van der Waals surface area contributed by atoms with Crippen molar-refractivity contribution in [3.8, 4) is 0 Å². The molecule has 0 aliphatic carbocycles. The molecule has 0 aromatic carbocycles. The van der Waals surface area contributed by atoms with Crippen LogP contribution in [0.25, 0.3) is 0 Å². The summed E-state index contributed by atoms with van der Waals surface area (Å²) < 4.78 is 2.05. The molecule has 0 saturated heterocycles. The molecule has 2 aromatic heterocycles. The predicted octanol–water partition coefficient (Wildman–Crippen LogP) is 2.51. The first-order chi connectivity index (χ1) is 9.19. The lowest BCUT2D eigenvalue weighted by Gasteiger charge is -2.07. The average Bonchev–Trinajstić information content (AvgIpc) is 2.73. The van der Waals surface area contributed by atoms with E-state index in [0.29, 0.717) is 0 Å². The monoisotopic (exact) mass is 277 g/mol. The second-order valence-corrected chi connectivity index (χ2v) is 5.20. The highest BCUT2D eigenvalue weighted by Crippen LogP contribution is 2.13. The fourth-order valence-electron chi connectivity index (χ4n) is 1.89. The van der Waals surface area contributed by atoms with Gasteiger partial charge in [0.25, 0.3) is 0 Å². The zero-order chi connectivity index (χ0) is 13.7. The maximum atomic E-state index is 4.44. The Balaban J connectivity index is 1.79. The van der Waals surface area contributed by atoms with E-state index >= 15 is 0 Å². The molecule has 0 bridgehead atoms. The molecule has 0 unspecified atom stereocenters. The van der Waals surface area contributed by atoms with Gasteiger partial charge in [0, 0.05) is 24.8 Å². The molecule has 19 heavy (non-hydrogen) atoms. The van der Waals surface area contributed by atoms with E-state index in [4.69, 9.17) is 0 Å². The van der Waals surface area contributed by atoms with Crippen LogP contribution in [0.4, 0.5) is 5.82 Å². The van der Waals surface area contributed by atoms with Gasteiger partial charge in [0.2, 0.25) is 0 Å². The Morgan fingerprint density at radius 1 is 1.26 bits per heavy atom. The van der Waals surface area contributed by atoms with E-state index < -0.39 is 0 Å². The van der Waals surface area contributed by atoms with Gasteiger partial charge in [-0.1, -0.05) is 0 Å². The minimum absolute atomic E-state index is 0.878. The molecule has 0 amide bonds. The van der Waals surface area contributed by atoms with Crippen LogP contribution in [-0.2, 0) is 6.54 Å². The molecule has 0 atom stereocenters. The third kappa shape index (κ3) is 3.96. The van der Waals surface area contributed by atoms with Crippen LogP contribution >= 0.6 is 11.8 Å². The Morgan fingerprint density at radius 2 is 2.11 bits per heavy atom. The summed E-state index contributed by atoms with van der Waals surface area (Å²) in [6.07, 6.45) is 4.62. The van der Waals surface area contributed by atoms with Gasteiger partial charge in [-0.05, 0) is 32.6 Å². The number of aromatic nitrogens is 4. The van der Waals surface area contributed by atoms with Crippen molar-refractivity contribution in [2.24, 2.45) is 0 Å². The molecule has 2 aromatic rings. The van der Waals surface area contributed by atoms with Crippen LogP contribution < -0.4 is 5.32 Å². The molecule has 0 radical (unpaired) electrons. The van der Waals surface area contributed by atoms with Gasteiger partial charge in [-0.3, -0.25) is 4.68 Å². The average molecular weight is 277 g/mol. The van der Waals surface area contributed by atoms with Crippen molar-refractivity contribution in [3.63, 3.8) is 0 Å². The normalized spacial score (nSPS) is 10.7. The van der Waals surface area contributed by atoms with Crippen LogP contribution in [0, 0.1) is 13.8 Å². The molecule has 5 nitrogen and oxygen atoms in total. The molecule has 0 fully saturated rings. The fourth-order valence-corrected chi connectivity index (χ4v) is 2.28. The van der Waals surface area contributed by atoms with Crippen LogP contribution in [0.5, 0.6) is 0 Å². The van der Waals surface area contributed by atoms with Crippen LogP contribution in [0.3, 0.4) is 0 Å². The summed E-state index contributed by atoms with van der Waals surface area (Å²) in [6.45, 7) is 5.91. The number of nitrogens with zero attached hydrogens (tertiary/aromatic N) is 4. The highest BCUT2D eigenvalue weighted by Gasteiger charge is 2.01. The molecular weight excluding hydrogens is 258 g/mol. The summed E-state index contributed by atoms with van der Waals surface area (Å²) in [5, 5.41) is 8.73. The third-order valence-electron chi connectivity index (χ3n) is 2.81. The number of thioether (sulfide) groups is 1. The van der Waals surface area contributed by atoms with E-state index in [2.05, 4.69) is 33.4 Å². The largest absolute Gasteiger partial charge is 0.370 e. The van der Waals surface area contributed by atoms with E-state index in [0.717, 1.165) is 36.0 Å². The zero-order valence-electron chi connectivity index (χ0n) is 11.6. The van der Waals surface area contributed by atoms with E-state index in [-0.39, 0.29) is 0 Å². The fraction of sp³-hybridized carbons (Fsp3) is 0.462. The van der Waals surface area contributed by atoms with Gasteiger partial charge in [-0.25, -0.2) is 9.97 Å².